The molecule has 0 radical (unpaired) electrons. The van der Waals surface area contributed by atoms with Crippen LogP contribution in [0.15, 0.2) is 36.4 Å². The highest BCUT2D eigenvalue weighted by Gasteiger charge is 2.25. The van der Waals surface area contributed by atoms with Crippen molar-refractivity contribution >= 4 is 0 Å². The van der Waals surface area contributed by atoms with Crippen LogP contribution in [-0.2, 0) is 6.42 Å². The van der Waals surface area contributed by atoms with Crippen LogP contribution < -0.4 is 0 Å². The molecule has 0 spiro atoms. The van der Waals surface area contributed by atoms with Gasteiger partial charge in [0, 0.05) is 5.92 Å². The molecule has 0 saturated carbocycles. The molecule has 0 nitrogen and oxygen atoms in total. The standard InChI is InChI=1S/C16H14F2/c1-10-2-4-11(5-3-10)13-7-6-12-8-15(17)16(18)9-14(12)13/h2-5,8-9,13H,6-7H2,1H3/t13-/m0/s1. The van der Waals surface area contributed by atoms with Crippen molar-refractivity contribution in [1.29, 1.82) is 0 Å². The van der Waals surface area contributed by atoms with Crippen LogP contribution >= 0.6 is 0 Å². The van der Waals surface area contributed by atoms with E-state index in [0.717, 1.165) is 24.0 Å². The number of hydrogen-bond donors (Lipinski definition) is 0. The lowest BCUT2D eigenvalue weighted by Gasteiger charge is -2.12. The van der Waals surface area contributed by atoms with E-state index in [2.05, 4.69) is 24.3 Å². The highest BCUT2D eigenvalue weighted by Crippen LogP contribution is 2.38. The van der Waals surface area contributed by atoms with Crippen LogP contribution in [0.25, 0.3) is 0 Å². The lowest BCUT2D eigenvalue weighted by molar-refractivity contribution is 0.506. The van der Waals surface area contributed by atoms with Crippen LogP contribution in [0.2, 0.25) is 0 Å². The van der Waals surface area contributed by atoms with Gasteiger partial charge in [-0.3, -0.25) is 0 Å². The average Bonchev–Trinajstić information content (AvgIpc) is 2.74. The summed E-state index contributed by atoms with van der Waals surface area (Å²) in [6.45, 7) is 2.04. The van der Waals surface area contributed by atoms with Gasteiger partial charge < -0.3 is 0 Å². The molecule has 0 unspecified atom stereocenters. The fraction of sp³-hybridized carbons (Fsp3) is 0.250. The quantitative estimate of drug-likeness (QED) is 0.699. The second-order valence-corrected chi connectivity index (χ2v) is 4.97. The van der Waals surface area contributed by atoms with E-state index in [0.29, 0.717) is 0 Å². The summed E-state index contributed by atoms with van der Waals surface area (Å²) in [6.07, 6.45) is 1.76. The van der Waals surface area contributed by atoms with E-state index in [-0.39, 0.29) is 5.92 Å². The van der Waals surface area contributed by atoms with Gasteiger partial charge in [0.1, 0.15) is 0 Å². The highest BCUT2D eigenvalue weighted by atomic mass is 19.2. The van der Waals surface area contributed by atoms with Gasteiger partial charge in [0.2, 0.25) is 0 Å². The van der Waals surface area contributed by atoms with Gasteiger partial charge in [-0.1, -0.05) is 29.8 Å². The zero-order valence-electron chi connectivity index (χ0n) is 10.2. The lowest BCUT2D eigenvalue weighted by atomic mass is 9.92. The first-order valence-electron chi connectivity index (χ1n) is 6.19. The molecule has 0 bridgehead atoms. The average molecular weight is 244 g/mol. The minimum absolute atomic E-state index is 0.204. The summed E-state index contributed by atoms with van der Waals surface area (Å²) < 4.78 is 26.5. The zero-order chi connectivity index (χ0) is 12.7. The highest BCUT2D eigenvalue weighted by molar-refractivity contribution is 5.43. The van der Waals surface area contributed by atoms with Crippen molar-refractivity contribution in [2.45, 2.75) is 25.7 Å². The third-order valence-corrected chi connectivity index (χ3v) is 3.74. The molecule has 0 amide bonds. The first kappa shape index (κ1) is 11.4. The summed E-state index contributed by atoms with van der Waals surface area (Å²) >= 11 is 0. The van der Waals surface area contributed by atoms with Gasteiger partial charge in [-0.05, 0) is 48.6 Å². The van der Waals surface area contributed by atoms with Crippen molar-refractivity contribution in [2.24, 2.45) is 0 Å². The van der Waals surface area contributed by atoms with Gasteiger partial charge in [-0.15, -0.1) is 0 Å². The fourth-order valence-electron chi connectivity index (χ4n) is 2.74. The van der Waals surface area contributed by atoms with Crippen LogP contribution in [0.4, 0.5) is 8.78 Å². The maximum atomic E-state index is 13.4. The Kier molecular flexibility index (Phi) is 2.66. The van der Waals surface area contributed by atoms with Crippen molar-refractivity contribution in [3.8, 4) is 0 Å². The topological polar surface area (TPSA) is 0 Å². The monoisotopic (exact) mass is 244 g/mol. The Hall–Kier alpha value is -1.70. The molecule has 2 aromatic rings. The molecule has 0 aromatic heterocycles. The maximum absolute atomic E-state index is 13.4. The summed E-state index contributed by atoms with van der Waals surface area (Å²) in [5, 5.41) is 0. The van der Waals surface area contributed by atoms with Crippen LogP contribution in [0.5, 0.6) is 0 Å². The minimum atomic E-state index is -0.743. The van der Waals surface area contributed by atoms with Crippen molar-refractivity contribution in [3.63, 3.8) is 0 Å². The first-order chi connectivity index (χ1) is 8.65. The number of fused-ring (bicyclic) bond motifs is 1. The predicted molar refractivity (Wildman–Crippen MR) is 67.7 cm³/mol. The molecule has 3 rings (SSSR count). The first-order valence-corrected chi connectivity index (χ1v) is 6.19. The summed E-state index contributed by atoms with van der Waals surface area (Å²) in [6, 6.07) is 11.0. The second kappa shape index (κ2) is 4.20. The Morgan fingerprint density at radius 1 is 1.00 bits per heavy atom. The summed E-state index contributed by atoms with van der Waals surface area (Å²) in [4.78, 5) is 0. The molecular formula is C16H14F2. The van der Waals surface area contributed by atoms with Crippen molar-refractivity contribution in [3.05, 3.63) is 70.3 Å². The predicted octanol–water partition coefficient (Wildman–Crippen LogP) is 4.35. The normalized spacial score (nSPS) is 17.8. The Bertz CT molecular complexity index is 585. The Morgan fingerprint density at radius 2 is 1.67 bits per heavy atom. The van der Waals surface area contributed by atoms with Crippen molar-refractivity contribution in [1.82, 2.24) is 0 Å². The van der Waals surface area contributed by atoms with E-state index in [9.17, 15) is 8.78 Å². The van der Waals surface area contributed by atoms with Crippen LogP contribution in [-0.4, -0.2) is 0 Å². The van der Waals surface area contributed by atoms with E-state index in [1.54, 1.807) is 0 Å². The Morgan fingerprint density at radius 3 is 2.39 bits per heavy atom. The zero-order valence-corrected chi connectivity index (χ0v) is 10.2. The molecule has 2 heteroatoms. The third kappa shape index (κ3) is 1.82. The molecule has 92 valence electrons. The summed E-state index contributed by atoms with van der Waals surface area (Å²) in [5.41, 5.74) is 4.28. The van der Waals surface area contributed by atoms with Gasteiger partial charge in [0.15, 0.2) is 11.6 Å². The van der Waals surface area contributed by atoms with E-state index < -0.39 is 11.6 Å². The molecule has 1 aliphatic carbocycles. The second-order valence-electron chi connectivity index (χ2n) is 4.97. The van der Waals surface area contributed by atoms with Gasteiger partial charge in [0.25, 0.3) is 0 Å². The molecule has 0 aliphatic heterocycles. The summed E-state index contributed by atoms with van der Waals surface area (Å²) in [7, 11) is 0. The van der Waals surface area contributed by atoms with Crippen molar-refractivity contribution < 1.29 is 8.78 Å². The SMILES string of the molecule is Cc1ccc([C@@H]2CCc3cc(F)c(F)cc32)cc1. The van der Waals surface area contributed by atoms with Crippen LogP contribution in [0, 0.1) is 18.6 Å². The Balaban J connectivity index is 2.04. The summed E-state index contributed by atoms with van der Waals surface area (Å²) in [5.74, 6) is -1.28. The minimum Gasteiger partial charge on any atom is -0.204 e. The van der Waals surface area contributed by atoms with Gasteiger partial charge in [-0.2, -0.15) is 0 Å². The van der Waals surface area contributed by atoms with Crippen LogP contribution in [0.1, 0.15) is 34.6 Å². The number of aryl methyl sites for hydroxylation is 2. The Labute approximate surface area is 105 Å². The number of benzene rings is 2. The van der Waals surface area contributed by atoms with E-state index in [1.807, 2.05) is 6.92 Å². The third-order valence-electron chi connectivity index (χ3n) is 3.74. The largest absolute Gasteiger partial charge is 0.204 e. The lowest BCUT2D eigenvalue weighted by Crippen LogP contribution is -1.98. The molecule has 1 aliphatic rings. The molecule has 0 saturated heterocycles. The van der Waals surface area contributed by atoms with Gasteiger partial charge in [0.05, 0.1) is 0 Å². The van der Waals surface area contributed by atoms with E-state index >= 15 is 0 Å². The maximum Gasteiger partial charge on any atom is 0.159 e. The molecule has 1 atom stereocenters. The molecular weight excluding hydrogens is 230 g/mol. The van der Waals surface area contributed by atoms with Gasteiger partial charge >= 0.3 is 0 Å². The number of hydrogen-bond acceptors (Lipinski definition) is 0. The molecule has 2 aromatic carbocycles. The van der Waals surface area contributed by atoms with Crippen LogP contribution in [0.3, 0.4) is 0 Å². The van der Waals surface area contributed by atoms with Gasteiger partial charge in [-0.25, -0.2) is 8.78 Å². The smallest absolute Gasteiger partial charge is 0.159 e. The van der Waals surface area contributed by atoms with Crippen molar-refractivity contribution in [2.75, 3.05) is 0 Å². The fourth-order valence-corrected chi connectivity index (χ4v) is 2.74. The number of rotatable bonds is 1. The van der Waals surface area contributed by atoms with E-state index in [1.165, 1.54) is 23.3 Å². The van der Waals surface area contributed by atoms with E-state index in [4.69, 9.17) is 0 Å². The molecule has 0 heterocycles. The molecule has 0 fully saturated rings. The molecule has 18 heavy (non-hydrogen) atoms. The number of halogens is 2. The molecule has 0 N–H and O–H groups in total.